The van der Waals surface area contributed by atoms with Gasteiger partial charge in [-0.1, -0.05) is 6.92 Å². The number of carbonyl (C=O) groups is 1. The van der Waals surface area contributed by atoms with E-state index in [4.69, 9.17) is 0 Å². The molecule has 1 unspecified atom stereocenters. The number of pyridine rings is 1. The second-order valence-electron chi connectivity index (χ2n) is 5.40. The third-order valence-corrected chi connectivity index (χ3v) is 3.76. The molecule has 5 nitrogen and oxygen atoms in total. The fraction of sp³-hybridized carbons (Fsp3) is 0.600. The highest BCUT2D eigenvalue weighted by Crippen LogP contribution is 2.22. The average molecular weight is 278 g/mol. The van der Waals surface area contributed by atoms with Crippen LogP contribution in [0.4, 0.5) is 5.82 Å². The summed E-state index contributed by atoms with van der Waals surface area (Å²) in [5, 5.41) is 3.32. The predicted molar refractivity (Wildman–Crippen MR) is 77.9 cm³/mol. The van der Waals surface area contributed by atoms with Crippen LogP contribution < -0.4 is 10.9 Å². The van der Waals surface area contributed by atoms with Crippen LogP contribution >= 0.6 is 0 Å². The van der Waals surface area contributed by atoms with Crippen LogP contribution in [0, 0.1) is 5.92 Å². The first-order valence-corrected chi connectivity index (χ1v) is 7.15. The summed E-state index contributed by atoms with van der Waals surface area (Å²) in [5.74, 6) is 1.16. The van der Waals surface area contributed by atoms with Crippen molar-refractivity contribution in [3.05, 3.63) is 28.0 Å². The van der Waals surface area contributed by atoms with E-state index in [9.17, 15) is 9.59 Å². The Bertz CT molecular complexity index is 536. The topological polar surface area (TPSA) is 60.3 Å². The van der Waals surface area contributed by atoms with E-state index < -0.39 is 0 Å². The number of nitrogens with zero attached hydrogens (tertiary/aromatic N) is 1. The Balaban J connectivity index is 2.06. The lowest BCUT2D eigenvalue weighted by molar-refractivity contribution is -0.140. The molecule has 0 saturated heterocycles. The largest absolute Gasteiger partial charge is 0.469 e. The zero-order valence-electron chi connectivity index (χ0n) is 12.1. The van der Waals surface area contributed by atoms with Crippen LogP contribution in [0.5, 0.6) is 0 Å². The van der Waals surface area contributed by atoms with E-state index in [0.717, 1.165) is 43.7 Å². The zero-order valence-corrected chi connectivity index (χ0v) is 12.1. The van der Waals surface area contributed by atoms with Crippen molar-refractivity contribution in [1.29, 1.82) is 0 Å². The van der Waals surface area contributed by atoms with Crippen LogP contribution in [0.2, 0.25) is 0 Å². The predicted octanol–water partition coefficient (Wildman–Crippen LogP) is 1.80. The molecule has 0 aliphatic carbocycles. The van der Waals surface area contributed by atoms with Crippen molar-refractivity contribution >= 4 is 11.8 Å². The quantitative estimate of drug-likeness (QED) is 0.834. The molecule has 2 heterocycles. The van der Waals surface area contributed by atoms with E-state index in [-0.39, 0.29) is 11.5 Å². The van der Waals surface area contributed by atoms with Gasteiger partial charge in [0.25, 0.3) is 5.56 Å². The van der Waals surface area contributed by atoms with Crippen LogP contribution in [0.3, 0.4) is 0 Å². The van der Waals surface area contributed by atoms with E-state index in [2.05, 4.69) is 17.0 Å². The van der Waals surface area contributed by atoms with Crippen molar-refractivity contribution in [3.63, 3.8) is 0 Å². The van der Waals surface area contributed by atoms with Crippen molar-refractivity contribution in [1.82, 2.24) is 4.57 Å². The SMILES string of the molecule is COC(=O)CCC(C)Cc1ccc(=O)n2c1NCCC2. The molecule has 2 rings (SSSR count). The number of hydrogen-bond donors (Lipinski definition) is 1. The molecule has 1 N–H and O–H groups in total. The number of rotatable bonds is 5. The fourth-order valence-electron chi connectivity index (χ4n) is 2.61. The number of esters is 1. The summed E-state index contributed by atoms with van der Waals surface area (Å²) in [6.07, 6.45) is 3.08. The molecule has 1 aliphatic heterocycles. The van der Waals surface area contributed by atoms with Gasteiger partial charge < -0.3 is 10.1 Å². The molecule has 1 atom stereocenters. The normalized spacial score (nSPS) is 15.1. The highest BCUT2D eigenvalue weighted by Gasteiger charge is 2.16. The van der Waals surface area contributed by atoms with Gasteiger partial charge in [0.2, 0.25) is 0 Å². The van der Waals surface area contributed by atoms with Crippen LogP contribution in [0.25, 0.3) is 0 Å². The number of carbonyl (C=O) groups excluding carboxylic acids is 1. The first-order chi connectivity index (χ1) is 9.61. The van der Waals surface area contributed by atoms with Crippen molar-refractivity contribution in [2.24, 2.45) is 5.92 Å². The summed E-state index contributed by atoms with van der Waals surface area (Å²) in [5.41, 5.74) is 1.21. The number of ether oxygens (including phenoxy) is 1. The molecule has 0 spiro atoms. The molecule has 0 fully saturated rings. The lowest BCUT2D eigenvalue weighted by atomic mass is 9.96. The van der Waals surface area contributed by atoms with Gasteiger partial charge in [0.05, 0.1) is 7.11 Å². The summed E-state index contributed by atoms with van der Waals surface area (Å²) >= 11 is 0. The summed E-state index contributed by atoms with van der Waals surface area (Å²) in [6.45, 7) is 3.81. The monoisotopic (exact) mass is 278 g/mol. The Labute approximate surface area is 118 Å². The van der Waals surface area contributed by atoms with Crippen molar-refractivity contribution in [2.75, 3.05) is 19.0 Å². The molecule has 20 heavy (non-hydrogen) atoms. The molecule has 0 amide bonds. The second kappa shape index (κ2) is 6.59. The first-order valence-electron chi connectivity index (χ1n) is 7.15. The minimum Gasteiger partial charge on any atom is -0.469 e. The zero-order chi connectivity index (χ0) is 14.5. The van der Waals surface area contributed by atoms with Crippen LogP contribution in [-0.2, 0) is 22.5 Å². The van der Waals surface area contributed by atoms with E-state index in [0.29, 0.717) is 12.3 Å². The number of fused-ring (bicyclic) bond motifs is 1. The smallest absolute Gasteiger partial charge is 0.305 e. The van der Waals surface area contributed by atoms with E-state index in [1.54, 1.807) is 6.07 Å². The maximum absolute atomic E-state index is 11.8. The highest BCUT2D eigenvalue weighted by molar-refractivity contribution is 5.69. The molecule has 0 aromatic carbocycles. The molecule has 1 aromatic heterocycles. The molecule has 110 valence electrons. The molecular weight excluding hydrogens is 256 g/mol. The summed E-state index contributed by atoms with van der Waals surface area (Å²) in [4.78, 5) is 23.0. The van der Waals surface area contributed by atoms with Gasteiger partial charge in [-0.25, -0.2) is 0 Å². The van der Waals surface area contributed by atoms with Crippen molar-refractivity contribution in [3.8, 4) is 0 Å². The Morgan fingerprint density at radius 2 is 2.30 bits per heavy atom. The average Bonchev–Trinajstić information content (AvgIpc) is 2.48. The van der Waals surface area contributed by atoms with E-state index >= 15 is 0 Å². The lowest BCUT2D eigenvalue weighted by Crippen LogP contribution is -2.29. The summed E-state index contributed by atoms with van der Waals surface area (Å²) in [6, 6.07) is 3.54. The van der Waals surface area contributed by atoms with Gasteiger partial charge in [-0.05, 0) is 36.8 Å². The van der Waals surface area contributed by atoms with Crippen LogP contribution in [0.15, 0.2) is 16.9 Å². The van der Waals surface area contributed by atoms with E-state index in [1.807, 2.05) is 10.6 Å². The Morgan fingerprint density at radius 3 is 3.05 bits per heavy atom. The maximum atomic E-state index is 11.8. The van der Waals surface area contributed by atoms with Gasteiger partial charge in [0.15, 0.2) is 0 Å². The molecule has 0 radical (unpaired) electrons. The Kier molecular flexibility index (Phi) is 4.82. The fourth-order valence-corrected chi connectivity index (χ4v) is 2.61. The Morgan fingerprint density at radius 1 is 1.50 bits per heavy atom. The standard InChI is InChI=1S/C15H22N2O3/c1-11(4-7-14(19)20-2)10-12-5-6-13(18)17-9-3-8-16-15(12)17/h5-6,11,16H,3-4,7-10H2,1-2H3. The lowest BCUT2D eigenvalue weighted by Gasteiger charge is -2.24. The number of hydrogen-bond acceptors (Lipinski definition) is 4. The minimum absolute atomic E-state index is 0.0539. The van der Waals surface area contributed by atoms with Gasteiger partial charge in [0, 0.05) is 25.6 Å². The van der Waals surface area contributed by atoms with Crippen molar-refractivity contribution in [2.45, 2.75) is 39.2 Å². The summed E-state index contributed by atoms with van der Waals surface area (Å²) < 4.78 is 6.47. The van der Waals surface area contributed by atoms with Gasteiger partial charge >= 0.3 is 5.97 Å². The second-order valence-corrected chi connectivity index (χ2v) is 5.40. The maximum Gasteiger partial charge on any atom is 0.305 e. The van der Waals surface area contributed by atoms with Crippen LogP contribution in [0.1, 0.15) is 31.7 Å². The number of anilines is 1. The first kappa shape index (κ1) is 14.6. The minimum atomic E-state index is -0.165. The molecule has 0 saturated carbocycles. The molecule has 1 aliphatic rings. The number of nitrogens with one attached hydrogen (secondary N) is 1. The number of aromatic nitrogens is 1. The molecule has 1 aromatic rings. The van der Waals surface area contributed by atoms with Crippen molar-refractivity contribution < 1.29 is 9.53 Å². The third-order valence-electron chi connectivity index (χ3n) is 3.76. The van der Waals surface area contributed by atoms with E-state index in [1.165, 1.54) is 7.11 Å². The third kappa shape index (κ3) is 3.40. The molecule has 5 heteroatoms. The Hall–Kier alpha value is -1.78. The van der Waals surface area contributed by atoms with Gasteiger partial charge in [-0.2, -0.15) is 0 Å². The number of methoxy groups -OCH3 is 1. The highest BCUT2D eigenvalue weighted by atomic mass is 16.5. The summed E-state index contributed by atoms with van der Waals surface area (Å²) in [7, 11) is 1.41. The molecular formula is C15H22N2O3. The molecule has 0 bridgehead atoms. The van der Waals surface area contributed by atoms with Gasteiger partial charge in [-0.15, -0.1) is 0 Å². The van der Waals surface area contributed by atoms with Crippen LogP contribution in [-0.4, -0.2) is 24.2 Å². The van der Waals surface area contributed by atoms with Gasteiger partial charge in [0.1, 0.15) is 5.82 Å². The van der Waals surface area contributed by atoms with Gasteiger partial charge in [-0.3, -0.25) is 14.2 Å².